The van der Waals surface area contributed by atoms with Gasteiger partial charge in [-0.2, -0.15) is 9.78 Å². The summed E-state index contributed by atoms with van der Waals surface area (Å²) >= 11 is 0. The molecule has 0 aliphatic heterocycles. The molecule has 22 heavy (non-hydrogen) atoms. The highest BCUT2D eigenvalue weighted by atomic mass is 16.2. The number of rotatable bonds is 4. The molecule has 1 amide bonds. The Hall–Kier alpha value is -2.43. The predicted molar refractivity (Wildman–Crippen MR) is 84.1 cm³/mol. The zero-order chi connectivity index (χ0) is 15.7. The number of amides is 1. The van der Waals surface area contributed by atoms with Crippen LogP contribution in [0.5, 0.6) is 0 Å². The SMILES string of the molecule is CC(C1CC1)N(C)C(=O)c1ccc(=O)n(-c2ccccc2)n1. The molecule has 0 saturated heterocycles. The van der Waals surface area contributed by atoms with E-state index in [2.05, 4.69) is 12.0 Å². The summed E-state index contributed by atoms with van der Waals surface area (Å²) in [5.41, 5.74) is 0.694. The van der Waals surface area contributed by atoms with Crippen molar-refractivity contribution >= 4 is 5.91 Å². The number of carbonyl (C=O) groups is 1. The number of nitrogens with zero attached hydrogens (tertiary/aromatic N) is 3. The smallest absolute Gasteiger partial charge is 0.274 e. The van der Waals surface area contributed by atoms with Crippen molar-refractivity contribution in [3.63, 3.8) is 0 Å². The summed E-state index contributed by atoms with van der Waals surface area (Å²) in [6.45, 7) is 2.06. The molecule has 5 heteroatoms. The fourth-order valence-electron chi connectivity index (χ4n) is 2.54. The third-order valence-corrected chi connectivity index (χ3v) is 4.26. The Labute approximate surface area is 129 Å². The van der Waals surface area contributed by atoms with Crippen LogP contribution in [0.3, 0.4) is 0 Å². The Morgan fingerprint density at radius 3 is 2.55 bits per heavy atom. The summed E-state index contributed by atoms with van der Waals surface area (Å²) in [5.74, 6) is 0.443. The fourth-order valence-corrected chi connectivity index (χ4v) is 2.54. The van der Waals surface area contributed by atoms with Gasteiger partial charge in [0.15, 0.2) is 0 Å². The van der Waals surface area contributed by atoms with Crippen molar-refractivity contribution in [1.29, 1.82) is 0 Å². The summed E-state index contributed by atoms with van der Waals surface area (Å²) in [7, 11) is 1.80. The lowest BCUT2D eigenvalue weighted by molar-refractivity contribution is 0.0719. The third-order valence-electron chi connectivity index (χ3n) is 4.26. The highest BCUT2D eigenvalue weighted by Gasteiger charge is 2.33. The first-order valence-electron chi connectivity index (χ1n) is 7.51. The molecule has 0 N–H and O–H groups in total. The molecule has 2 aromatic rings. The van der Waals surface area contributed by atoms with Crippen molar-refractivity contribution in [2.24, 2.45) is 5.92 Å². The maximum Gasteiger partial charge on any atom is 0.274 e. The summed E-state index contributed by atoms with van der Waals surface area (Å²) in [6, 6.07) is 12.2. The van der Waals surface area contributed by atoms with Crippen molar-refractivity contribution in [2.45, 2.75) is 25.8 Å². The lowest BCUT2D eigenvalue weighted by Gasteiger charge is -2.24. The maximum atomic E-state index is 12.6. The summed E-state index contributed by atoms with van der Waals surface area (Å²) < 4.78 is 1.27. The molecule has 3 rings (SSSR count). The van der Waals surface area contributed by atoms with E-state index in [1.165, 1.54) is 29.7 Å². The van der Waals surface area contributed by atoms with Crippen LogP contribution in [0.25, 0.3) is 5.69 Å². The number of benzene rings is 1. The summed E-state index contributed by atoms with van der Waals surface area (Å²) in [6.07, 6.45) is 2.35. The molecule has 0 spiro atoms. The number of carbonyl (C=O) groups excluding carboxylic acids is 1. The van der Waals surface area contributed by atoms with Crippen molar-refractivity contribution in [2.75, 3.05) is 7.05 Å². The van der Waals surface area contributed by atoms with Gasteiger partial charge in [0.05, 0.1) is 5.69 Å². The van der Waals surface area contributed by atoms with Gasteiger partial charge in [-0.1, -0.05) is 18.2 Å². The van der Waals surface area contributed by atoms with Crippen LogP contribution in [0.15, 0.2) is 47.3 Å². The van der Waals surface area contributed by atoms with Crippen LogP contribution in [0.4, 0.5) is 0 Å². The lowest BCUT2D eigenvalue weighted by Crippen LogP contribution is -2.38. The van der Waals surface area contributed by atoms with Gasteiger partial charge in [-0.3, -0.25) is 9.59 Å². The average Bonchev–Trinajstić information content (AvgIpc) is 3.39. The minimum Gasteiger partial charge on any atom is -0.337 e. The van der Waals surface area contributed by atoms with Crippen LogP contribution < -0.4 is 5.56 Å². The van der Waals surface area contributed by atoms with Crippen LogP contribution in [-0.4, -0.2) is 33.7 Å². The average molecular weight is 297 g/mol. The van der Waals surface area contributed by atoms with E-state index < -0.39 is 0 Å². The van der Waals surface area contributed by atoms with E-state index in [0.717, 1.165) is 0 Å². The van der Waals surface area contributed by atoms with E-state index in [0.29, 0.717) is 17.3 Å². The van der Waals surface area contributed by atoms with Crippen LogP contribution in [0.2, 0.25) is 0 Å². The Morgan fingerprint density at radius 2 is 1.91 bits per heavy atom. The molecule has 0 radical (unpaired) electrons. The van der Waals surface area contributed by atoms with Gasteiger partial charge in [0, 0.05) is 19.2 Å². The molecule has 5 nitrogen and oxygen atoms in total. The second-order valence-electron chi connectivity index (χ2n) is 5.80. The van der Waals surface area contributed by atoms with Gasteiger partial charge in [-0.15, -0.1) is 0 Å². The molecule has 1 aromatic heterocycles. The van der Waals surface area contributed by atoms with Crippen molar-refractivity contribution in [1.82, 2.24) is 14.7 Å². The van der Waals surface area contributed by atoms with E-state index in [1.807, 2.05) is 18.2 Å². The predicted octanol–water partition coefficient (Wildman–Crippen LogP) is 2.10. The van der Waals surface area contributed by atoms with Gasteiger partial charge >= 0.3 is 0 Å². The molecule has 1 unspecified atom stereocenters. The minimum absolute atomic E-state index is 0.149. The van der Waals surface area contributed by atoms with Gasteiger partial charge in [-0.25, -0.2) is 0 Å². The zero-order valence-corrected chi connectivity index (χ0v) is 12.8. The van der Waals surface area contributed by atoms with Crippen LogP contribution in [0.1, 0.15) is 30.3 Å². The first-order valence-corrected chi connectivity index (χ1v) is 7.51. The van der Waals surface area contributed by atoms with Gasteiger partial charge < -0.3 is 4.90 Å². The molecule has 1 aliphatic rings. The topological polar surface area (TPSA) is 55.2 Å². The monoisotopic (exact) mass is 297 g/mol. The van der Waals surface area contributed by atoms with E-state index in [-0.39, 0.29) is 17.5 Å². The van der Waals surface area contributed by atoms with Gasteiger partial charge in [0.2, 0.25) is 0 Å². The normalized spacial score (nSPS) is 15.4. The zero-order valence-electron chi connectivity index (χ0n) is 12.8. The molecular weight excluding hydrogens is 278 g/mol. The molecular formula is C17H19N3O2. The number of para-hydroxylation sites is 1. The Morgan fingerprint density at radius 1 is 1.23 bits per heavy atom. The molecule has 0 bridgehead atoms. The van der Waals surface area contributed by atoms with Crippen LogP contribution in [-0.2, 0) is 0 Å². The Bertz CT molecular complexity index is 735. The summed E-state index contributed by atoms with van der Waals surface area (Å²) in [4.78, 5) is 26.3. The largest absolute Gasteiger partial charge is 0.337 e. The number of hydrogen-bond donors (Lipinski definition) is 0. The van der Waals surface area contributed by atoms with E-state index in [4.69, 9.17) is 0 Å². The van der Waals surface area contributed by atoms with Crippen molar-refractivity contribution in [3.8, 4) is 5.69 Å². The maximum absolute atomic E-state index is 12.6. The highest BCUT2D eigenvalue weighted by Crippen LogP contribution is 2.34. The van der Waals surface area contributed by atoms with Crippen LogP contribution in [0, 0.1) is 5.92 Å². The quantitative estimate of drug-likeness (QED) is 0.868. The molecule has 114 valence electrons. The van der Waals surface area contributed by atoms with Gasteiger partial charge in [0.1, 0.15) is 5.69 Å². The first-order chi connectivity index (χ1) is 10.6. The molecule has 1 atom stereocenters. The van der Waals surface area contributed by atoms with Crippen LogP contribution >= 0.6 is 0 Å². The molecule has 1 heterocycles. The molecule has 1 aliphatic carbocycles. The summed E-state index contributed by atoms with van der Waals surface area (Å²) in [5, 5.41) is 4.24. The first kappa shape index (κ1) is 14.5. The second kappa shape index (κ2) is 5.75. The van der Waals surface area contributed by atoms with E-state index in [9.17, 15) is 9.59 Å². The minimum atomic E-state index is -0.249. The van der Waals surface area contributed by atoms with Gasteiger partial charge in [0.25, 0.3) is 11.5 Å². The standard InChI is InChI=1S/C17H19N3O2/c1-12(13-8-9-13)19(2)17(22)15-10-11-16(21)20(18-15)14-6-4-3-5-7-14/h3-7,10-13H,8-9H2,1-2H3. The molecule has 1 aromatic carbocycles. The van der Waals surface area contributed by atoms with Crippen molar-refractivity contribution < 1.29 is 4.79 Å². The fraction of sp³-hybridized carbons (Fsp3) is 0.353. The highest BCUT2D eigenvalue weighted by molar-refractivity contribution is 5.92. The Balaban J connectivity index is 1.92. The number of aromatic nitrogens is 2. The molecule has 1 fully saturated rings. The number of hydrogen-bond acceptors (Lipinski definition) is 3. The van der Waals surface area contributed by atoms with Gasteiger partial charge in [-0.05, 0) is 43.9 Å². The Kier molecular flexibility index (Phi) is 3.79. The lowest BCUT2D eigenvalue weighted by atomic mass is 10.2. The third kappa shape index (κ3) is 2.79. The van der Waals surface area contributed by atoms with E-state index in [1.54, 1.807) is 24.1 Å². The second-order valence-corrected chi connectivity index (χ2v) is 5.80. The molecule has 1 saturated carbocycles. The van der Waals surface area contributed by atoms with Crippen molar-refractivity contribution in [3.05, 3.63) is 58.5 Å². The van der Waals surface area contributed by atoms with E-state index >= 15 is 0 Å².